The average Bonchev–Trinajstić information content (AvgIpc) is 3.15. The van der Waals surface area contributed by atoms with Gasteiger partial charge in [-0.15, -0.1) is 0 Å². The standard InChI is InChI=1S/C18H21FN2O3/c19-15-5-3-14(4-6-15)16(17-2-1-11-24-17)7-8-20-18(22)21-9-12-23-13-10-21/h1-6,11,16H,7-10,12-13H2,(H,20,22)/t16-/m0/s1. The van der Waals surface area contributed by atoms with Gasteiger partial charge in [0.25, 0.3) is 0 Å². The molecule has 24 heavy (non-hydrogen) atoms. The summed E-state index contributed by atoms with van der Waals surface area (Å²) in [6, 6.07) is 10.1. The molecule has 1 fully saturated rings. The van der Waals surface area contributed by atoms with E-state index in [2.05, 4.69) is 5.32 Å². The molecule has 1 aliphatic heterocycles. The van der Waals surface area contributed by atoms with Crippen molar-refractivity contribution in [3.63, 3.8) is 0 Å². The zero-order chi connectivity index (χ0) is 16.8. The number of furan rings is 1. The molecule has 0 spiro atoms. The summed E-state index contributed by atoms with van der Waals surface area (Å²) in [5.74, 6) is 0.519. The Kier molecular flexibility index (Phi) is 5.48. The summed E-state index contributed by atoms with van der Waals surface area (Å²) in [7, 11) is 0. The molecular weight excluding hydrogens is 311 g/mol. The van der Waals surface area contributed by atoms with Crippen LogP contribution >= 0.6 is 0 Å². The van der Waals surface area contributed by atoms with E-state index in [4.69, 9.17) is 9.15 Å². The Bertz CT molecular complexity index is 637. The second-order valence-corrected chi connectivity index (χ2v) is 5.74. The molecule has 0 bridgehead atoms. The van der Waals surface area contributed by atoms with Crippen LogP contribution in [0.2, 0.25) is 0 Å². The zero-order valence-corrected chi connectivity index (χ0v) is 13.4. The lowest BCUT2D eigenvalue weighted by Crippen LogP contribution is -2.46. The first-order chi connectivity index (χ1) is 11.7. The van der Waals surface area contributed by atoms with Gasteiger partial charge in [0.15, 0.2) is 0 Å². The minimum atomic E-state index is -0.266. The summed E-state index contributed by atoms with van der Waals surface area (Å²) >= 11 is 0. The van der Waals surface area contributed by atoms with Crippen LogP contribution in [-0.4, -0.2) is 43.8 Å². The van der Waals surface area contributed by atoms with E-state index in [1.807, 2.05) is 12.1 Å². The number of carbonyl (C=O) groups excluding carboxylic acids is 1. The second-order valence-electron chi connectivity index (χ2n) is 5.74. The van der Waals surface area contributed by atoms with Crippen molar-refractivity contribution in [1.82, 2.24) is 10.2 Å². The Morgan fingerprint density at radius 2 is 1.96 bits per heavy atom. The van der Waals surface area contributed by atoms with Crippen LogP contribution in [0, 0.1) is 5.82 Å². The van der Waals surface area contributed by atoms with E-state index in [0.717, 1.165) is 11.3 Å². The van der Waals surface area contributed by atoms with Crippen LogP contribution in [0.4, 0.5) is 9.18 Å². The van der Waals surface area contributed by atoms with Crippen molar-refractivity contribution in [2.45, 2.75) is 12.3 Å². The third-order valence-corrected chi connectivity index (χ3v) is 4.17. The number of carbonyl (C=O) groups is 1. The van der Waals surface area contributed by atoms with E-state index in [-0.39, 0.29) is 17.8 Å². The van der Waals surface area contributed by atoms with Gasteiger partial charge in [-0.05, 0) is 36.2 Å². The first kappa shape index (κ1) is 16.5. The van der Waals surface area contributed by atoms with E-state index in [1.165, 1.54) is 12.1 Å². The molecule has 1 atom stereocenters. The van der Waals surface area contributed by atoms with E-state index >= 15 is 0 Å². The highest BCUT2D eigenvalue weighted by molar-refractivity contribution is 5.74. The zero-order valence-electron chi connectivity index (χ0n) is 13.4. The molecule has 5 nitrogen and oxygen atoms in total. The third kappa shape index (κ3) is 4.14. The number of ether oxygens (including phenoxy) is 1. The fourth-order valence-electron chi connectivity index (χ4n) is 2.86. The largest absolute Gasteiger partial charge is 0.469 e. The predicted octanol–water partition coefficient (Wildman–Crippen LogP) is 2.98. The van der Waals surface area contributed by atoms with Crippen molar-refractivity contribution in [1.29, 1.82) is 0 Å². The van der Waals surface area contributed by atoms with Crippen molar-refractivity contribution in [2.75, 3.05) is 32.8 Å². The number of benzene rings is 1. The minimum Gasteiger partial charge on any atom is -0.469 e. The number of rotatable bonds is 5. The van der Waals surface area contributed by atoms with Gasteiger partial charge in [-0.3, -0.25) is 0 Å². The van der Waals surface area contributed by atoms with Crippen LogP contribution in [-0.2, 0) is 4.74 Å². The van der Waals surface area contributed by atoms with Gasteiger partial charge in [0.05, 0.1) is 19.5 Å². The number of halogens is 1. The van der Waals surface area contributed by atoms with Crippen molar-refractivity contribution in [2.24, 2.45) is 0 Å². The van der Waals surface area contributed by atoms with Crippen LogP contribution in [0.5, 0.6) is 0 Å². The van der Waals surface area contributed by atoms with Gasteiger partial charge in [-0.1, -0.05) is 12.1 Å². The molecule has 2 heterocycles. The molecule has 1 saturated heterocycles. The van der Waals surface area contributed by atoms with E-state index in [0.29, 0.717) is 39.3 Å². The Morgan fingerprint density at radius 3 is 2.62 bits per heavy atom. The first-order valence-corrected chi connectivity index (χ1v) is 8.13. The van der Waals surface area contributed by atoms with Crippen molar-refractivity contribution >= 4 is 6.03 Å². The summed E-state index contributed by atoms with van der Waals surface area (Å²) in [5.41, 5.74) is 0.965. The van der Waals surface area contributed by atoms with E-state index in [1.54, 1.807) is 23.3 Å². The fourth-order valence-corrected chi connectivity index (χ4v) is 2.86. The molecule has 0 saturated carbocycles. The molecule has 1 aromatic heterocycles. The number of hydrogen-bond acceptors (Lipinski definition) is 3. The molecule has 2 aromatic rings. The molecular formula is C18H21FN2O3. The van der Waals surface area contributed by atoms with Gasteiger partial charge in [-0.2, -0.15) is 0 Å². The van der Waals surface area contributed by atoms with Gasteiger partial charge >= 0.3 is 6.03 Å². The minimum absolute atomic E-state index is 0.0226. The van der Waals surface area contributed by atoms with E-state index < -0.39 is 0 Å². The monoisotopic (exact) mass is 332 g/mol. The normalized spacial score (nSPS) is 16.0. The molecule has 1 aromatic carbocycles. The quantitative estimate of drug-likeness (QED) is 0.916. The molecule has 0 aliphatic carbocycles. The van der Waals surface area contributed by atoms with Crippen molar-refractivity contribution < 1.29 is 18.3 Å². The van der Waals surface area contributed by atoms with Crippen LogP contribution in [0.3, 0.4) is 0 Å². The molecule has 1 N–H and O–H groups in total. The van der Waals surface area contributed by atoms with Gasteiger partial charge in [-0.25, -0.2) is 9.18 Å². The number of amides is 2. The number of hydrogen-bond donors (Lipinski definition) is 1. The molecule has 3 rings (SSSR count). The Balaban J connectivity index is 1.60. The maximum Gasteiger partial charge on any atom is 0.317 e. The van der Waals surface area contributed by atoms with Crippen LogP contribution in [0.1, 0.15) is 23.7 Å². The summed E-state index contributed by atoms with van der Waals surface area (Å²) < 4.78 is 23.9. The SMILES string of the molecule is O=C(NCC[C@@H](c1ccc(F)cc1)c1ccco1)N1CCOCC1. The highest BCUT2D eigenvalue weighted by atomic mass is 19.1. The highest BCUT2D eigenvalue weighted by Gasteiger charge is 2.19. The smallest absolute Gasteiger partial charge is 0.317 e. The third-order valence-electron chi connectivity index (χ3n) is 4.17. The summed E-state index contributed by atoms with van der Waals surface area (Å²) in [5, 5.41) is 2.94. The van der Waals surface area contributed by atoms with Gasteiger partial charge in [0.2, 0.25) is 0 Å². The Labute approximate surface area is 140 Å². The molecule has 128 valence electrons. The van der Waals surface area contributed by atoms with Crippen molar-refractivity contribution in [3.05, 3.63) is 59.8 Å². The molecule has 1 aliphatic rings. The Hall–Kier alpha value is -2.34. The topological polar surface area (TPSA) is 54.7 Å². The van der Waals surface area contributed by atoms with Gasteiger partial charge in [0.1, 0.15) is 11.6 Å². The van der Waals surface area contributed by atoms with Crippen molar-refractivity contribution in [3.8, 4) is 0 Å². The molecule has 0 radical (unpaired) electrons. The highest BCUT2D eigenvalue weighted by Crippen LogP contribution is 2.28. The maximum atomic E-state index is 13.2. The second kappa shape index (κ2) is 7.97. The van der Waals surface area contributed by atoms with E-state index in [9.17, 15) is 9.18 Å². The van der Waals surface area contributed by atoms with Crippen LogP contribution < -0.4 is 5.32 Å². The summed E-state index contributed by atoms with van der Waals surface area (Å²) in [6.45, 7) is 2.91. The Morgan fingerprint density at radius 1 is 1.21 bits per heavy atom. The lowest BCUT2D eigenvalue weighted by molar-refractivity contribution is 0.0532. The lowest BCUT2D eigenvalue weighted by Gasteiger charge is -2.27. The summed E-state index contributed by atoms with van der Waals surface area (Å²) in [4.78, 5) is 13.9. The maximum absolute atomic E-state index is 13.2. The predicted molar refractivity (Wildman–Crippen MR) is 87.4 cm³/mol. The lowest BCUT2D eigenvalue weighted by atomic mass is 9.93. The van der Waals surface area contributed by atoms with Crippen LogP contribution in [0.15, 0.2) is 47.1 Å². The molecule has 6 heteroatoms. The summed E-state index contributed by atoms with van der Waals surface area (Å²) in [6.07, 6.45) is 2.30. The number of morpholine rings is 1. The van der Waals surface area contributed by atoms with Gasteiger partial charge in [0, 0.05) is 25.6 Å². The average molecular weight is 332 g/mol. The number of nitrogens with one attached hydrogen (secondary N) is 1. The first-order valence-electron chi connectivity index (χ1n) is 8.13. The molecule has 0 unspecified atom stereocenters. The number of urea groups is 1. The van der Waals surface area contributed by atoms with Crippen LogP contribution in [0.25, 0.3) is 0 Å². The molecule has 2 amide bonds. The van der Waals surface area contributed by atoms with Gasteiger partial charge < -0.3 is 19.4 Å². The number of nitrogens with zero attached hydrogens (tertiary/aromatic N) is 1. The fraction of sp³-hybridized carbons (Fsp3) is 0.389.